The molecule has 1 saturated heterocycles. The number of ether oxygens (including phenoxy) is 2. The summed E-state index contributed by atoms with van der Waals surface area (Å²) in [5.41, 5.74) is -1.53. The summed E-state index contributed by atoms with van der Waals surface area (Å²) in [5, 5.41) is 0. The van der Waals surface area contributed by atoms with E-state index in [4.69, 9.17) is 17.7 Å². The van der Waals surface area contributed by atoms with Gasteiger partial charge in [0.25, 0.3) is 0 Å². The minimum atomic E-state index is -3.12. The second-order valence-corrected chi connectivity index (χ2v) is 9.31. The standard InChI is InChI=1S/C30H31F3N2O4/c1-34(2)18-23-19-35(28(36)15-21-14-26(32)27(33)17-25(21)31)13-12-30(23,22-10-7-11-24(16-22)38-3)39-29(37)20-8-5-4-6-9-20/h4-11,14,16-17,23H,12-13,15,18-19H2,1-3H3/i1D3,2D3. The van der Waals surface area contributed by atoms with Gasteiger partial charge in [0.2, 0.25) is 5.91 Å². The Balaban J connectivity index is 1.80. The van der Waals surface area contributed by atoms with Crippen molar-refractivity contribution in [1.82, 2.24) is 9.80 Å². The van der Waals surface area contributed by atoms with E-state index in [9.17, 15) is 22.8 Å². The number of carbonyl (C=O) groups excluding carboxylic acids is 2. The van der Waals surface area contributed by atoms with Crippen molar-refractivity contribution >= 4 is 11.9 Å². The highest BCUT2D eigenvalue weighted by Crippen LogP contribution is 2.43. The van der Waals surface area contributed by atoms with Gasteiger partial charge in [0, 0.05) is 51.8 Å². The topological polar surface area (TPSA) is 59.1 Å². The molecule has 0 radical (unpaired) electrons. The summed E-state index contributed by atoms with van der Waals surface area (Å²) in [6.45, 7) is -7.34. The number of piperidine rings is 1. The van der Waals surface area contributed by atoms with Crippen molar-refractivity contribution in [3.05, 3.63) is 101 Å². The molecule has 1 aliphatic rings. The normalized spacial score (nSPS) is 22.1. The first-order chi connectivity index (χ1) is 21.0. The molecular weight excluding hydrogens is 509 g/mol. The number of rotatable bonds is 8. The molecule has 0 aromatic heterocycles. The van der Waals surface area contributed by atoms with Crippen molar-refractivity contribution in [1.29, 1.82) is 0 Å². The molecule has 0 aliphatic carbocycles. The minimum Gasteiger partial charge on any atom is -0.497 e. The number of hydrogen-bond donors (Lipinski definition) is 0. The van der Waals surface area contributed by atoms with E-state index in [2.05, 4.69) is 0 Å². The summed E-state index contributed by atoms with van der Waals surface area (Å²) in [5.74, 6) is -6.17. The highest BCUT2D eigenvalue weighted by Gasteiger charge is 2.49. The molecule has 0 saturated carbocycles. The van der Waals surface area contributed by atoms with Gasteiger partial charge in [-0.1, -0.05) is 30.3 Å². The molecule has 0 bridgehead atoms. The summed E-state index contributed by atoms with van der Waals surface area (Å²) in [6.07, 6.45) is -0.779. The number of esters is 1. The van der Waals surface area contributed by atoms with Crippen LogP contribution in [0.3, 0.4) is 0 Å². The molecule has 3 aromatic rings. The van der Waals surface area contributed by atoms with Crippen LogP contribution < -0.4 is 4.74 Å². The third-order valence-corrected chi connectivity index (χ3v) is 6.88. The first-order valence-electron chi connectivity index (χ1n) is 15.2. The Bertz CT molecular complexity index is 1530. The molecule has 39 heavy (non-hydrogen) atoms. The minimum absolute atomic E-state index is 0.0958. The van der Waals surface area contributed by atoms with Crippen LogP contribution in [-0.2, 0) is 21.6 Å². The maximum absolute atomic E-state index is 14.4. The van der Waals surface area contributed by atoms with Crippen LogP contribution in [0.25, 0.3) is 0 Å². The van der Waals surface area contributed by atoms with E-state index in [-0.39, 0.29) is 25.1 Å². The predicted octanol–water partition coefficient (Wildman–Crippen LogP) is 4.82. The Hall–Kier alpha value is -3.85. The lowest BCUT2D eigenvalue weighted by molar-refractivity contribution is -0.142. The van der Waals surface area contributed by atoms with Crippen LogP contribution in [0.1, 0.15) is 36.1 Å². The lowest BCUT2D eigenvalue weighted by Crippen LogP contribution is -2.56. The maximum atomic E-state index is 14.4. The second-order valence-electron chi connectivity index (χ2n) is 9.31. The van der Waals surface area contributed by atoms with Gasteiger partial charge in [-0.05, 0) is 49.8 Å². The first-order valence-corrected chi connectivity index (χ1v) is 12.2. The van der Waals surface area contributed by atoms with Crippen LogP contribution in [0.4, 0.5) is 13.2 Å². The molecule has 206 valence electrons. The van der Waals surface area contributed by atoms with E-state index in [1.165, 1.54) is 24.1 Å². The van der Waals surface area contributed by atoms with Crippen LogP contribution >= 0.6 is 0 Å². The van der Waals surface area contributed by atoms with Gasteiger partial charge < -0.3 is 19.3 Å². The average Bonchev–Trinajstić information content (AvgIpc) is 2.98. The van der Waals surface area contributed by atoms with E-state index in [0.29, 0.717) is 28.3 Å². The van der Waals surface area contributed by atoms with Crippen molar-refractivity contribution < 1.29 is 40.5 Å². The third-order valence-electron chi connectivity index (χ3n) is 6.88. The van der Waals surface area contributed by atoms with Crippen molar-refractivity contribution in [2.45, 2.75) is 18.4 Å². The van der Waals surface area contributed by atoms with E-state index >= 15 is 0 Å². The highest BCUT2D eigenvalue weighted by atomic mass is 19.2. The summed E-state index contributed by atoms with van der Waals surface area (Å²) >= 11 is 0. The zero-order chi connectivity index (χ0) is 33.2. The van der Waals surface area contributed by atoms with Gasteiger partial charge in [0.05, 0.1) is 19.1 Å². The number of nitrogens with zero attached hydrogens (tertiary/aromatic N) is 2. The van der Waals surface area contributed by atoms with Crippen LogP contribution in [0.15, 0.2) is 66.7 Å². The first kappa shape index (κ1) is 21.0. The highest BCUT2D eigenvalue weighted by molar-refractivity contribution is 5.89. The predicted molar refractivity (Wildman–Crippen MR) is 140 cm³/mol. The lowest BCUT2D eigenvalue weighted by Gasteiger charge is -2.48. The van der Waals surface area contributed by atoms with E-state index < -0.39 is 73.3 Å². The van der Waals surface area contributed by atoms with Crippen molar-refractivity contribution in [2.24, 2.45) is 5.92 Å². The Labute approximate surface area is 234 Å². The number of benzene rings is 3. The molecule has 1 amide bonds. The molecule has 9 heteroatoms. The molecule has 0 spiro atoms. The molecule has 6 nitrogen and oxygen atoms in total. The largest absolute Gasteiger partial charge is 0.497 e. The smallest absolute Gasteiger partial charge is 0.339 e. The van der Waals surface area contributed by atoms with Gasteiger partial charge in [0.1, 0.15) is 17.2 Å². The van der Waals surface area contributed by atoms with Gasteiger partial charge in [-0.2, -0.15) is 0 Å². The fraction of sp³-hybridized carbons (Fsp3) is 0.333. The second kappa shape index (κ2) is 11.9. The van der Waals surface area contributed by atoms with Crippen LogP contribution in [0.2, 0.25) is 0 Å². The zero-order valence-electron chi connectivity index (χ0n) is 27.1. The lowest BCUT2D eigenvalue weighted by atomic mass is 9.75. The third kappa shape index (κ3) is 6.25. The Morgan fingerprint density at radius 3 is 2.49 bits per heavy atom. The maximum Gasteiger partial charge on any atom is 0.339 e. The number of carbonyl (C=O) groups is 2. The van der Waals surface area contributed by atoms with Gasteiger partial charge in [-0.3, -0.25) is 4.79 Å². The molecule has 4 rings (SSSR count). The summed E-state index contributed by atoms with van der Waals surface area (Å²) in [4.78, 5) is 28.5. The SMILES string of the molecule is [2H]C([2H])([2H])N(CC1CN(C(=O)Cc2cc(F)c(F)cc2F)CCC1(OC(=O)c1ccccc1)c1cccc(OC)c1)C([2H])([2H])[2H]. The van der Waals surface area contributed by atoms with Crippen LogP contribution in [0.5, 0.6) is 5.75 Å². The fourth-order valence-electron chi connectivity index (χ4n) is 4.89. The van der Waals surface area contributed by atoms with E-state index in [1.807, 2.05) is 0 Å². The average molecular weight is 547 g/mol. The molecule has 0 N–H and O–H groups in total. The Morgan fingerprint density at radius 1 is 1.03 bits per heavy atom. The monoisotopic (exact) mass is 546 g/mol. The summed E-state index contributed by atoms with van der Waals surface area (Å²) < 4.78 is 101. The summed E-state index contributed by atoms with van der Waals surface area (Å²) in [6, 6.07) is 15.3. The van der Waals surface area contributed by atoms with Crippen LogP contribution in [0, 0.1) is 23.4 Å². The van der Waals surface area contributed by atoms with E-state index in [0.717, 1.165) is 0 Å². The molecule has 1 aliphatic heterocycles. The summed E-state index contributed by atoms with van der Waals surface area (Å²) in [7, 11) is 1.42. The van der Waals surface area contributed by atoms with Crippen molar-refractivity contribution in [3.63, 3.8) is 0 Å². The molecule has 3 aromatic carbocycles. The number of likely N-dealkylation sites (tertiary alicyclic amines) is 1. The van der Waals surface area contributed by atoms with Gasteiger partial charge >= 0.3 is 5.97 Å². The van der Waals surface area contributed by atoms with Crippen molar-refractivity contribution in [3.8, 4) is 5.75 Å². The molecular formula is C30H31F3N2O4. The molecule has 2 atom stereocenters. The van der Waals surface area contributed by atoms with E-state index in [1.54, 1.807) is 42.5 Å². The van der Waals surface area contributed by atoms with Crippen LogP contribution in [-0.4, -0.2) is 62.4 Å². The van der Waals surface area contributed by atoms with Crippen molar-refractivity contribution in [2.75, 3.05) is 40.7 Å². The Morgan fingerprint density at radius 2 is 1.77 bits per heavy atom. The molecule has 2 unspecified atom stereocenters. The number of halogens is 3. The van der Waals surface area contributed by atoms with Gasteiger partial charge in [0.15, 0.2) is 11.6 Å². The number of hydrogen-bond acceptors (Lipinski definition) is 5. The number of amides is 1. The van der Waals surface area contributed by atoms with Gasteiger partial charge in [-0.25, -0.2) is 18.0 Å². The quantitative estimate of drug-likeness (QED) is 0.300. The Kier molecular flexibility index (Phi) is 6.42. The molecule has 1 heterocycles. The fourth-order valence-corrected chi connectivity index (χ4v) is 4.89. The molecule has 1 fully saturated rings. The van der Waals surface area contributed by atoms with Gasteiger partial charge in [-0.15, -0.1) is 0 Å². The number of methoxy groups -OCH3 is 1. The zero-order valence-corrected chi connectivity index (χ0v) is 21.1.